The van der Waals surface area contributed by atoms with Gasteiger partial charge < -0.3 is 0 Å². The van der Waals surface area contributed by atoms with Gasteiger partial charge in [0, 0.05) is 24.3 Å². The monoisotopic (exact) mass is 343 g/mol. The largest absolute Gasteiger partial charge is 0.291 e. The molecule has 124 valence electrons. The molecule has 0 aliphatic carbocycles. The Kier molecular flexibility index (Phi) is 4.66. The number of nitrogens with one attached hydrogen (secondary N) is 1. The van der Waals surface area contributed by atoms with E-state index in [1.54, 1.807) is 28.0 Å². The molecule has 7 heteroatoms. The van der Waals surface area contributed by atoms with E-state index < -0.39 is 5.38 Å². The van der Waals surface area contributed by atoms with E-state index in [2.05, 4.69) is 21.4 Å². The van der Waals surface area contributed by atoms with Crippen molar-refractivity contribution in [1.29, 1.82) is 0 Å². The lowest BCUT2D eigenvalue weighted by molar-refractivity contribution is -0.118. The van der Waals surface area contributed by atoms with Gasteiger partial charge in [-0.1, -0.05) is 6.07 Å². The lowest BCUT2D eigenvalue weighted by Gasteiger charge is -2.25. The quantitative estimate of drug-likeness (QED) is 0.723. The molecule has 1 aromatic carbocycles. The number of benzene rings is 1. The maximum absolute atomic E-state index is 13.0. The van der Waals surface area contributed by atoms with Crippen molar-refractivity contribution in [2.24, 2.45) is 0 Å². The molecule has 0 spiro atoms. The number of aromatic amines is 1. The van der Waals surface area contributed by atoms with Gasteiger partial charge in [-0.2, -0.15) is 10.2 Å². The van der Waals surface area contributed by atoms with Crippen molar-refractivity contribution < 1.29 is 4.79 Å². The van der Waals surface area contributed by atoms with Crippen LogP contribution in [0.3, 0.4) is 0 Å². The molecule has 1 unspecified atom stereocenters. The van der Waals surface area contributed by atoms with E-state index in [0.717, 1.165) is 16.8 Å². The Balaban J connectivity index is 1.96. The first-order chi connectivity index (χ1) is 11.5. The molecule has 1 atom stereocenters. The molecule has 3 rings (SSSR count). The van der Waals surface area contributed by atoms with Crippen molar-refractivity contribution in [2.45, 2.75) is 25.9 Å². The van der Waals surface area contributed by atoms with Crippen LogP contribution in [0.5, 0.6) is 0 Å². The standard InChI is InChI=1S/C17H18ClN5O/c1-12-8-13(2)10-14(9-12)23(11-22-7-3-5-20-22)17(24)16(18)15-4-6-19-21-15/h3-10,16H,11H2,1-2H3,(H,19,21). The van der Waals surface area contributed by atoms with E-state index in [1.165, 1.54) is 0 Å². The predicted octanol–water partition coefficient (Wildman–Crippen LogP) is 3.19. The summed E-state index contributed by atoms with van der Waals surface area (Å²) >= 11 is 6.37. The minimum atomic E-state index is -0.844. The van der Waals surface area contributed by atoms with Gasteiger partial charge >= 0.3 is 0 Å². The van der Waals surface area contributed by atoms with Crippen LogP contribution in [-0.2, 0) is 11.5 Å². The van der Waals surface area contributed by atoms with Crippen molar-refractivity contribution in [2.75, 3.05) is 4.90 Å². The zero-order valence-electron chi connectivity index (χ0n) is 13.5. The summed E-state index contributed by atoms with van der Waals surface area (Å²) in [6.45, 7) is 4.28. The van der Waals surface area contributed by atoms with Crippen LogP contribution in [-0.4, -0.2) is 25.9 Å². The van der Waals surface area contributed by atoms with Crippen molar-refractivity contribution in [3.63, 3.8) is 0 Å². The number of anilines is 1. The maximum atomic E-state index is 13.0. The van der Waals surface area contributed by atoms with Gasteiger partial charge in [0.25, 0.3) is 5.91 Å². The molecule has 0 saturated carbocycles. The molecule has 2 aromatic heterocycles. The number of alkyl halides is 1. The summed E-state index contributed by atoms with van der Waals surface area (Å²) in [6, 6.07) is 9.50. The summed E-state index contributed by atoms with van der Waals surface area (Å²) in [6.07, 6.45) is 5.06. The molecule has 0 aliphatic rings. The number of halogens is 1. The minimum absolute atomic E-state index is 0.235. The molecule has 6 nitrogen and oxygen atoms in total. The summed E-state index contributed by atoms with van der Waals surface area (Å²) in [7, 11) is 0. The molecule has 3 aromatic rings. The van der Waals surface area contributed by atoms with Gasteiger partial charge in [0.15, 0.2) is 5.38 Å². The SMILES string of the molecule is Cc1cc(C)cc(N(Cn2cccn2)C(=O)C(Cl)c2ccn[nH]2)c1. The number of aryl methyl sites for hydroxylation is 2. The number of aromatic nitrogens is 4. The Hall–Kier alpha value is -2.60. The second-order valence-electron chi connectivity index (χ2n) is 5.67. The number of hydrogen-bond acceptors (Lipinski definition) is 3. The topological polar surface area (TPSA) is 66.8 Å². The first-order valence-corrected chi connectivity index (χ1v) is 7.98. The first-order valence-electron chi connectivity index (χ1n) is 7.55. The summed E-state index contributed by atoms with van der Waals surface area (Å²) in [5, 5.41) is 9.96. The highest BCUT2D eigenvalue weighted by Gasteiger charge is 2.27. The molecule has 0 radical (unpaired) electrons. The molecular weight excluding hydrogens is 326 g/mol. The highest BCUT2D eigenvalue weighted by molar-refractivity contribution is 6.32. The van der Waals surface area contributed by atoms with Crippen molar-refractivity contribution >= 4 is 23.2 Å². The summed E-state index contributed by atoms with van der Waals surface area (Å²) in [5.74, 6) is -0.235. The van der Waals surface area contributed by atoms with E-state index in [9.17, 15) is 4.79 Å². The molecule has 0 fully saturated rings. The Bertz CT molecular complexity index is 793. The summed E-state index contributed by atoms with van der Waals surface area (Å²) in [5.41, 5.74) is 3.52. The smallest absolute Gasteiger partial charge is 0.252 e. The van der Waals surface area contributed by atoms with Gasteiger partial charge in [-0.15, -0.1) is 11.6 Å². The highest BCUT2D eigenvalue weighted by Crippen LogP contribution is 2.26. The van der Waals surface area contributed by atoms with Crippen molar-refractivity contribution in [3.8, 4) is 0 Å². The molecule has 1 N–H and O–H groups in total. The van der Waals surface area contributed by atoms with Gasteiger partial charge in [0.2, 0.25) is 0 Å². The van der Waals surface area contributed by atoms with Crippen LogP contribution >= 0.6 is 11.6 Å². The average Bonchev–Trinajstić information content (AvgIpc) is 3.23. The number of nitrogens with zero attached hydrogens (tertiary/aromatic N) is 4. The lowest BCUT2D eigenvalue weighted by Crippen LogP contribution is -2.35. The van der Waals surface area contributed by atoms with Crippen LogP contribution in [0.1, 0.15) is 22.2 Å². The predicted molar refractivity (Wildman–Crippen MR) is 92.8 cm³/mol. The maximum Gasteiger partial charge on any atom is 0.252 e. The molecule has 1 amide bonds. The minimum Gasteiger partial charge on any atom is -0.291 e. The van der Waals surface area contributed by atoms with Crippen molar-refractivity contribution in [3.05, 3.63) is 65.7 Å². The fourth-order valence-electron chi connectivity index (χ4n) is 2.59. The number of carbonyl (C=O) groups excluding carboxylic acids is 1. The lowest BCUT2D eigenvalue weighted by atomic mass is 10.1. The number of H-pyrrole nitrogens is 1. The summed E-state index contributed by atoms with van der Waals surface area (Å²) in [4.78, 5) is 14.6. The van der Waals surface area contributed by atoms with Gasteiger partial charge in [-0.3, -0.25) is 19.5 Å². The third-order valence-electron chi connectivity index (χ3n) is 3.64. The molecule has 0 bridgehead atoms. The first kappa shape index (κ1) is 16.3. The molecule has 0 aliphatic heterocycles. The number of rotatable bonds is 5. The molecule has 2 heterocycles. The van der Waals surface area contributed by atoms with Crippen LogP contribution in [0.4, 0.5) is 5.69 Å². The zero-order valence-corrected chi connectivity index (χ0v) is 14.2. The average molecular weight is 344 g/mol. The van der Waals surface area contributed by atoms with E-state index >= 15 is 0 Å². The number of hydrogen-bond donors (Lipinski definition) is 1. The van der Waals surface area contributed by atoms with Gasteiger partial charge in [-0.25, -0.2) is 0 Å². The molecular formula is C17H18ClN5O. The third kappa shape index (κ3) is 3.49. The Morgan fingerprint density at radius 2 is 2.04 bits per heavy atom. The fraction of sp³-hybridized carbons (Fsp3) is 0.235. The van der Waals surface area contributed by atoms with Crippen molar-refractivity contribution in [1.82, 2.24) is 20.0 Å². The van der Waals surface area contributed by atoms with Crippen LogP contribution in [0.2, 0.25) is 0 Å². The van der Waals surface area contributed by atoms with E-state index in [1.807, 2.05) is 38.2 Å². The molecule has 24 heavy (non-hydrogen) atoms. The van der Waals surface area contributed by atoms with Gasteiger partial charge in [0.1, 0.15) is 6.67 Å². The summed E-state index contributed by atoms with van der Waals surface area (Å²) < 4.78 is 1.69. The van der Waals surface area contributed by atoms with Crippen LogP contribution in [0, 0.1) is 13.8 Å². The number of amides is 1. The van der Waals surface area contributed by atoms with Crippen LogP contribution in [0.25, 0.3) is 0 Å². The van der Waals surface area contributed by atoms with E-state index in [-0.39, 0.29) is 12.6 Å². The Morgan fingerprint density at radius 1 is 1.29 bits per heavy atom. The third-order valence-corrected chi connectivity index (χ3v) is 4.06. The van der Waals surface area contributed by atoms with Crippen LogP contribution in [0.15, 0.2) is 48.9 Å². The zero-order chi connectivity index (χ0) is 17.1. The second kappa shape index (κ2) is 6.88. The van der Waals surface area contributed by atoms with Gasteiger partial charge in [-0.05, 0) is 49.2 Å². The Labute approximate surface area is 145 Å². The van der Waals surface area contributed by atoms with E-state index in [4.69, 9.17) is 11.6 Å². The fourth-order valence-corrected chi connectivity index (χ4v) is 2.83. The van der Waals surface area contributed by atoms with Crippen LogP contribution < -0.4 is 4.90 Å². The normalized spacial score (nSPS) is 12.1. The number of carbonyl (C=O) groups is 1. The Morgan fingerprint density at radius 3 is 2.62 bits per heavy atom. The molecule has 0 saturated heterocycles. The highest BCUT2D eigenvalue weighted by atomic mass is 35.5. The second-order valence-corrected chi connectivity index (χ2v) is 6.11. The van der Waals surface area contributed by atoms with E-state index in [0.29, 0.717) is 5.69 Å². The van der Waals surface area contributed by atoms with Gasteiger partial charge in [0.05, 0.1) is 5.69 Å².